The molecular formula is C14H19NO4. The van der Waals surface area contributed by atoms with Crippen LogP contribution in [0.5, 0.6) is 0 Å². The Morgan fingerprint density at radius 2 is 1.63 bits per heavy atom. The van der Waals surface area contributed by atoms with E-state index in [0.717, 1.165) is 0 Å². The van der Waals surface area contributed by atoms with Gasteiger partial charge < -0.3 is 9.84 Å². The van der Waals surface area contributed by atoms with Crippen molar-refractivity contribution in [3.05, 3.63) is 28.8 Å². The van der Waals surface area contributed by atoms with E-state index in [-0.39, 0.29) is 5.56 Å². The average Bonchev–Trinajstić information content (AvgIpc) is 2.10. The Bertz CT molecular complexity index is 492. The van der Waals surface area contributed by atoms with E-state index in [4.69, 9.17) is 9.84 Å². The maximum atomic E-state index is 11.6. The predicted molar refractivity (Wildman–Crippen MR) is 72.7 cm³/mol. The van der Waals surface area contributed by atoms with Gasteiger partial charge in [0, 0.05) is 5.69 Å². The minimum absolute atomic E-state index is 0.259. The number of carboxylic acids is 1. The van der Waals surface area contributed by atoms with Crippen LogP contribution in [-0.2, 0) is 4.74 Å². The van der Waals surface area contributed by atoms with Gasteiger partial charge in [0.25, 0.3) is 0 Å². The van der Waals surface area contributed by atoms with Gasteiger partial charge in [0.1, 0.15) is 5.60 Å². The maximum Gasteiger partial charge on any atom is 0.412 e. The van der Waals surface area contributed by atoms with E-state index in [0.29, 0.717) is 16.8 Å². The first-order chi connectivity index (χ1) is 8.60. The summed E-state index contributed by atoms with van der Waals surface area (Å²) in [6.07, 6.45) is -0.561. The topological polar surface area (TPSA) is 75.6 Å². The summed E-state index contributed by atoms with van der Waals surface area (Å²) < 4.78 is 5.13. The summed E-state index contributed by atoms with van der Waals surface area (Å²) in [6, 6.07) is 3.22. The Morgan fingerprint density at radius 3 is 2.00 bits per heavy atom. The van der Waals surface area contributed by atoms with Crippen LogP contribution < -0.4 is 5.32 Å². The lowest BCUT2D eigenvalue weighted by Gasteiger charge is -2.20. The van der Waals surface area contributed by atoms with Gasteiger partial charge in [0.05, 0.1) is 5.56 Å². The molecule has 0 aliphatic rings. The van der Waals surface area contributed by atoms with Gasteiger partial charge >= 0.3 is 12.1 Å². The molecule has 0 bridgehead atoms. The molecule has 0 saturated heterocycles. The zero-order chi connectivity index (χ0) is 14.8. The second kappa shape index (κ2) is 5.30. The van der Waals surface area contributed by atoms with E-state index in [1.807, 2.05) is 0 Å². The van der Waals surface area contributed by atoms with Crippen molar-refractivity contribution in [2.45, 2.75) is 40.2 Å². The van der Waals surface area contributed by atoms with Crippen LogP contribution in [0.4, 0.5) is 10.5 Å². The molecule has 0 atom stereocenters. The molecule has 1 rings (SSSR count). The highest BCUT2D eigenvalue weighted by Crippen LogP contribution is 2.21. The van der Waals surface area contributed by atoms with E-state index >= 15 is 0 Å². The van der Waals surface area contributed by atoms with Crippen LogP contribution in [0.15, 0.2) is 12.1 Å². The van der Waals surface area contributed by atoms with Gasteiger partial charge in [-0.05, 0) is 57.9 Å². The Hall–Kier alpha value is -2.04. The summed E-state index contributed by atoms with van der Waals surface area (Å²) in [4.78, 5) is 22.7. The highest BCUT2D eigenvalue weighted by molar-refractivity contribution is 5.93. The third-order valence-corrected chi connectivity index (χ3v) is 2.39. The number of carbonyl (C=O) groups excluding carboxylic acids is 1. The molecule has 2 N–H and O–H groups in total. The normalized spacial score (nSPS) is 11.0. The number of hydrogen-bond acceptors (Lipinski definition) is 3. The van der Waals surface area contributed by atoms with Crippen LogP contribution in [0.25, 0.3) is 0 Å². The van der Waals surface area contributed by atoms with Crippen molar-refractivity contribution in [2.24, 2.45) is 0 Å². The quantitative estimate of drug-likeness (QED) is 0.859. The van der Waals surface area contributed by atoms with Crippen molar-refractivity contribution in [1.29, 1.82) is 0 Å². The predicted octanol–water partition coefficient (Wildman–Crippen LogP) is 3.35. The van der Waals surface area contributed by atoms with Crippen LogP contribution in [-0.4, -0.2) is 22.8 Å². The molecule has 0 aromatic heterocycles. The van der Waals surface area contributed by atoms with Crippen molar-refractivity contribution < 1.29 is 19.4 Å². The number of amides is 1. The standard InChI is InChI=1S/C14H19NO4/c1-8-6-10(7-9(2)11(8)12(16)17)15-13(18)19-14(3,4)5/h6-7H,1-5H3,(H,15,18)(H,16,17). The molecule has 0 heterocycles. The fourth-order valence-corrected chi connectivity index (χ4v) is 1.79. The molecule has 104 valence electrons. The second-order valence-corrected chi connectivity index (χ2v) is 5.42. The van der Waals surface area contributed by atoms with E-state index in [9.17, 15) is 9.59 Å². The van der Waals surface area contributed by atoms with E-state index in [1.165, 1.54) is 0 Å². The number of aryl methyl sites for hydroxylation is 2. The molecular weight excluding hydrogens is 246 g/mol. The number of aromatic carboxylic acids is 1. The average molecular weight is 265 g/mol. The monoisotopic (exact) mass is 265 g/mol. The summed E-state index contributed by atoms with van der Waals surface area (Å²) in [6.45, 7) is 8.71. The SMILES string of the molecule is Cc1cc(NC(=O)OC(C)(C)C)cc(C)c1C(=O)O. The number of anilines is 1. The molecule has 5 heteroatoms. The summed E-state index contributed by atoms with van der Waals surface area (Å²) >= 11 is 0. The molecule has 1 aromatic carbocycles. The largest absolute Gasteiger partial charge is 0.478 e. The molecule has 1 aromatic rings. The van der Waals surface area contributed by atoms with Crippen LogP contribution in [0.1, 0.15) is 42.3 Å². The van der Waals surface area contributed by atoms with Crippen molar-refractivity contribution >= 4 is 17.7 Å². The summed E-state index contributed by atoms with van der Waals surface area (Å²) in [5.41, 5.74) is 1.40. The number of carboxylic acid groups (broad SMARTS) is 1. The Balaban J connectivity index is 2.93. The highest BCUT2D eigenvalue weighted by atomic mass is 16.6. The van der Waals surface area contributed by atoms with E-state index in [2.05, 4.69) is 5.32 Å². The Kier molecular flexibility index (Phi) is 4.19. The van der Waals surface area contributed by atoms with Gasteiger partial charge in [-0.3, -0.25) is 5.32 Å². The molecule has 5 nitrogen and oxygen atoms in total. The molecule has 1 amide bonds. The van der Waals surface area contributed by atoms with Crippen molar-refractivity contribution in [3.8, 4) is 0 Å². The van der Waals surface area contributed by atoms with Gasteiger partial charge in [0.15, 0.2) is 0 Å². The number of nitrogens with one attached hydrogen (secondary N) is 1. The molecule has 0 unspecified atom stereocenters. The summed E-state index contributed by atoms with van der Waals surface area (Å²) in [7, 11) is 0. The van der Waals surface area contributed by atoms with Gasteiger partial charge in [-0.25, -0.2) is 9.59 Å². The van der Waals surface area contributed by atoms with Gasteiger partial charge in [-0.2, -0.15) is 0 Å². The smallest absolute Gasteiger partial charge is 0.412 e. The molecule has 0 fully saturated rings. The number of hydrogen-bond donors (Lipinski definition) is 2. The number of rotatable bonds is 2. The molecule has 0 saturated carbocycles. The minimum Gasteiger partial charge on any atom is -0.478 e. The maximum absolute atomic E-state index is 11.6. The first-order valence-electron chi connectivity index (χ1n) is 5.94. The lowest BCUT2D eigenvalue weighted by atomic mass is 10.0. The molecule has 19 heavy (non-hydrogen) atoms. The van der Waals surface area contributed by atoms with Gasteiger partial charge in [-0.1, -0.05) is 0 Å². The molecule has 0 aliphatic carbocycles. The number of ether oxygens (including phenoxy) is 1. The fourth-order valence-electron chi connectivity index (χ4n) is 1.79. The van der Waals surface area contributed by atoms with Crippen LogP contribution in [0, 0.1) is 13.8 Å². The first-order valence-corrected chi connectivity index (χ1v) is 5.94. The highest BCUT2D eigenvalue weighted by Gasteiger charge is 2.17. The molecule has 0 spiro atoms. The van der Waals surface area contributed by atoms with Crippen molar-refractivity contribution in [2.75, 3.05) is 5.32 Å². The second-order valence-electron chi connectivity index (χ2n) is 5.42. The zero-order valence-electron chi connectivity index (χ0n) is 11.8. The number of carbonyl (C=O) groups is 2. The third-order valence-electron chi connectivity index (χ3n) is 2.39. The lowest BCUT2D eigenvalue weighted by Crippen LogP contribution is -2.27. The van der Waals surface area contributed by atoms with Crippen LogP contribution in [0.3, 0.4) is 0 Å². The Labute approximate surface area is 112 Å². The van der Waals surface area contributed by atoms with Crippen LogP contribution >= 0.6 is 0 Å². The number of benzene rings is 1. The minimum atomic E-state index is -0.973. The van der Waals surface area contributed by atoms with Gasteiger partial charge in [0.2, 0.25) is 0 Å². The van der Waals surface area contributed by atoms with Crippen molar-refractivity contribution in [1.82, 2.24) is 0 Å². The van der Waals surface area contributed by atoms with Gasteiger partial charge in [-0.15, -0.1) is 0 Å². The summed E-state index contributed by atoms with van der Waals surface area (Å²) in [5.74, 6) is -0.973. The molecule has 0 aliphatic heterocycles. The summed E-state index contributed by atoms with van der Waals surface area (Å²) in [5, 5.41) is 11.7. The molecule has 0 radical (unpaired) electrons. The lowest BCUT2D eigenvalue weighted by molar-refractivity contribution is 0.0634. The van der Waals surface area contributed by atoms with E-state index in [1.54, 1.807) is 46.8 Å². The van der Waals surface area contributed by atoms with Crippen LogP contribution in [0.2, 0.25) is 0 Å². The first kappa shape index (κ1) is 15.0. The fraction of sp³-hybridized carbons (Fsp3) is 0.429. The Morgan fingerprint density at radius 1 is 1.16 bits per heavy atom. The third kappa shape index (κ3) is 4.28. The zero-order valence-corrected chi connectivity index (χ0v) is 11.8. The van der Waals surface area contributed by atoms with E-state index < -0.39 is 17.7 Å². The van der Waals surface area contributed by atoms with Crippen molar-refractivity contribution in [3.63, 3.8) is 0 Å².